The number of likely N-dealkylation sites (N-methyl/N-ethyl adjacent to an activating group) is 1. The van der Waals surface area contributed by atoms with Crippen LogP contribution in [0.15, 0.2) is 48.5 Å². The molecule has 0 N–H and O–H groups in total. The second-order valence-electron chi connectivity index (χ2n) is 6.59. The molecule has 0 saturated carbocycles. The van der Waals surface area contributed by atoms with E-state index in [1.165, 1.54) is 0 Å². The lowest BCUT2D eigenvalue weighted by Crippen LogP contribution is -2.45. The first-order valence-corrected chi connectivity index (χ1v) is 9.16. The van der Waals surface area contributed by atoms with Crippen LogP contribution in [0.25, 0.3) is 0 Å². The van der Waals surface area contributed by atoms with Crippen molar-refractivity contribution >= 4 is 11.6 Å². The maximum atomic E-state index is 13.3. The monoisotopic (exact) mass is 338 g/mol. The Morgan fingerprint density at radius 3 is 2.00 bits per heavy atom. The quantitative estimate of drug-likeness (QED) is 0.732. The van der Waals surface area contributed by atoms with Gasteiger partial charge in [-0.05, 0) is 57.1 Å². The standard InChI is InChI=1S/C22H30N2O/c1-6-23(7-2)19(5)16-24(21-17(3)12-11-13-18(21)4)22(25)20-14-9-8-10-15-20/h8-15,19H,6-7,16H2,1-5H3. The first kappa shape index (κ1) is 19.2. The number of benzene rings is 2. The summed E-state index contributed by atoms with van der Waals surface area (Å²) < 4.78 is 0. The van der Waals surface area contributed by atoms with Gasteiger partial charge in [-0.15, -0.1) is 0 Å². The average molecular weight is 338 g/mol. The molecule has 0 bridgehead atoms. The fourth-order valence-electron chi connectivity index (χ4n) is 3.47. The Morgan fingerprint density at radius 2 is 1.48 bits per heavy atom. The van der Waals surface area contributed by atoms with Crippen LogP contribution >= 0.6 is 0 Å². The summed E-state index contributed by atoms with van der Waals surface area (Å²) in [4.78, 5) is 17.6. The van der Waals surface area contributed by atoms with Gasteiger partial charge in [-0.25, -0.2) is 0 Å². The van der Waals surface area contributed by atoms with Crippen molar-refractivity contribution in [3.05, 3.63) is 65.2 Å². The number of para-hydroxylation sites is 1. The van der Waals surface area contributed by atoms with Crippen LogP contribution in [0.1, 0.15) is 42.3 Å². The van der Waals surface area contributed by atoms with E-state index in [9.17, 15) is 4.79 Å². The lowest BCUT2D eigenvalue weighted by Gasteiger charge is -2.33. The number of nitrogens with zero attached hydrogens (tertiary/aromatic N) is 2. The van der Waals surface area contributed by atoms with Gasteiger partial charge in [0, 0.05) is 23.8 Å². The van der Waals surface area contributed by atoms with E-state index in [0.717, 1.165) is 35.5 Å². The van der Waals surface area contributed by atoms with Crippen LogP contribution in [0.2, 0.25) is 0 Å². The maximum absolute atomic E-state index is 13.3. The summed E-state index contributed by atoms with van der Waals surface area (Å²) in [6.07, 6.45) is 0. The molecule has 0 aliphatic rings. The molecule has 1 amide bonds. The van der Waals surface area contributed by atoms with E-state index in [-0.39, 0.29) is 5.91 Å². The molecule has 2 rings (SSSR count). The topological polar surface area (TPSA) is 23.6 Å². The Labute approximate surface area is 152 Å². The van der Waals surface area contributed by atoms with Crippen molar-refractivity contribution in [1.82, 2.24) is 4.90 Å². The normalized spacial score (nSPS) is 12.2. The van der Waals surface area contributed by atoms with E-state index < -0.39 is 0 Å². The molecule has 2 aromatic rings. The molecule has 0 heterocycles. The highest BCUT2D eigenvalue weighted by molar-refractivity contribution is 6.07. The summed E-state index contributed by atoms with van der Waals surface area (Å²) in [6, 6.07) is 16.1. The third-order valence-corrected chi connectivity index (χ3v) is 4.86. The van der Waals surface area contributed by atoms with E-state index in [0.29, 0.717) is 12.6 Å². The molecule has 0 fully saturated rings. The Kier molecular flexibility index (Phi) is 6.77. The predicted molar refractivity (Wildman–Crippen MR) is 106 cm³/mol. The van der Waals surface area contributed by atoms with Gasteiger partial charge in [-0.1, -0.05) is 50.2 Å². The summed E-state index contributed by atoms with van der Waals surface area (Å²) in [5, 5.41) is 0. The Balaban J connectivity index is 2.43. The molecule has 0 spiro atoms. The maximum Gasteiger partial charge on any atom is 0.258 e. The van der Waals surface area contributed by atoms with Gasteiger partial charge in [0.1, 0.15) is 0 Å². The van der Waals surface area contributed by atoms with Crippen molar-refractivity contribution in [2.45, 2.75) is 40.7 Å². The number of rotatable bonds is 7. The molecule has 2 aromatic carbocycles. The van der Waals surface area contributed by atoms with Crippen LogP contribution in [0.3, 0.4) is 0 Å². The van der Waals surface area contributed by atoms with E-state index in [1.807, 2.05) is 41.3 Å². The molecule has 0 aromatic heterocycles. The summed E-state index contributed by atoms with van der Waals surface area (Å²) >= 11 is 0. The fraction of sp³-hybridized carbons (Fsp3) is 0.409. The van der Waals surface area contributed by atoms with Crippen molar-refractivity contribution in [1.29, 1.82) is 0 Å². The van der Waals surface area contributed by atoms with E-state index in [1.54, 1.807) is 0 Å². The molecule has 134 valence electrons. The smallest absolute Gasteiger partial charge is 0.258 e. The van der Waals surface area contributed by atoms with Gasteiger partial charge in [0.05, 0.1) is 0 Å². The van der Waals surface area contributed by atoms with Crippen LogP contribution in [-0.4, -0.2) is 36.5 Å². The number of amides is 1. The minimum atomic E-state index is 0.0667. The van der Waals surface area contributed by atoms with E-state index >= 15 is 0 Å². The predicted octanol–water partition coefficient (Wildman–Crippen LogP) is 4.68. The Hall–Kier alpha value is -2.13. The molecular weight excluding hydrogens is 308 g/mol. The van der Waals surface area contributed by atoms with Crippen LogP contribution in [0.5, 0.6) is 0 Å². The van der Waals surface area contributed by atoms with Gasteiger partial charge in [-0.2, -0.15) is 0 Å². The molecule has 0 aliphatic carbocycles. The van der Waals surface area contributed by atoms with Crippen LogP contribution in [-0.2, 0) is 0 Å². The Morgan fingerprint density at radius 1 is 0.920 bits per heavy atom. The van der Waals surface area contributed by atoms with Crippen molar-refractivity contribution in [2.24, 2.45) is 0 Å². The molecular formula is C22H30N2O. The van der Waals surface area contributed by atoms with Crippen molar-refractivity contribution in [2.75, 3.05) is 24.5 Å². The van der Waals surface area contributed by atoms with Crippen LogP contribution < -0.4 is 4.90 Å². The highest BCUT2D eigenvalue weighted by Crippen LogP contribution is 2.27. The number of aryl methyl sites for hydroxylation is 2. The second-order valence-corrected chi connectivity index (χ2v) is 6.59. The summed E-state index contributed by atoms with van der Waals surface area (Å²) in [6.45, 7) is 13.3. The number of carbonyl (C=O) groups is 1. The third kappa shape index (κ3) is 4.49. The minimum absolute atomic E-state index is 0.0667. The van der Waals surface area contributed by atoms with Gasteiger partial charge < -0.3 is 4.90 Å². The van der Waals surface area contributed by atoms with Crippen LogP contribution in [0, 0.1) is 13.8 Å². The van der Waals surface area contributed by atoms with Gasteiger partial charge in [-0.3, -0.25) is 9.69 Å². The SMILES string of the molecule is CCN(CC)C(C)CN(C(=O)c1ccccc1)c1c(C)cccc1C. The number of anilines is 1. The van der Waals surface area contributed by atoms with Gasteiger partial charge in [0.15, 0.2) is 0 Å². The summed E-state index contributed by atoms with van der Waals surface area (Å²) in [5.74, 6) is 0.0667. The number of hydrogen-bond donors (Lipinski definition) is 0. The first-order chi connectivity index (χ1) is 12.0. The Bertz CT molecular complexity index is 672. The lowest BCUT2D eigenvalue weighted by molar-refractivity contribution is 0.0976. The van der Waals surface area contributed by atoms with Crippen molar-refractivity contribution < 1.29 is 4.79 Å². The minimum Gasteiger partial charge on any atom is -0.306 e. The van der Waals surface area contributed by atoms with Crippen molar-refractivity contribution in [3.63, 3.8) is 0 Å². The molecule has 3 nitrogen and oxygen atoms in total. The largest absolute Gasteiger partial charge is 0.306 e. The zero-order valence-electron chi connectivity index (χ0n) is 16.1. The number of carbonyl (C=O) groups excluding carboxylic acids is 1. The van der Waals surface area contributed by atoms with Crippen molar-refractivity contribution in [3.8, 4) is 0 Å². The zero-order valence-corrected chi connectivity index (χ0v) is 16.1. The second kappa shape index (κ2) is 8.82. The molecule has 0 aliphatic heterocycles. The zero-order chi connectivity index (χ0) is 18.4. The van der Waals surface area contributed by atoms with Gasteiger partial charge in [0.25, 0.3) is 5.91 Å². The molecule has 25 heavy (non-hydrogen) atoms. The van der Waals surface area contributed by atoms with E-state index in [2.05, 4.69) is 51.7 Å². The van der Waals surface area contributed by atoms with Gasteiger partial charge >= 0.3 is 0 Å². The molecule has 3 heteroatoms. The average Bonchev–Trinajstić information content (AvgIpc) is 2.62. The first-order valence-electron chi connectivity index (χ1n) is 9.16. The highest BCUT2D eigenvalue weighted by Gasteiger charge is 2.24. The highest BCUT2D eigenvalue weighted by atomic mass is 16.2. The van der Waals surface area contributed by atoms with Crippen LogP contribution in [0.4, 0.5) is 5.69 Å². The van der Waals surface area contributed by atoms with E-state index in [4.69, 9.17) is 0 Å². The van der Waals surface area contributed by atoms with Gasteiger partial charge in [0.2, 0.25) is 0 Å². The molecule has 0 radical (unpaired) electrons. The number of hydrogen-bond acceptors (Lipinski definition) is 2. The third-order valence-electron chi connectivity index (χ3n) is 4.86. The molecule has 1 atom stereocenters. The summed E-state index contributed by atoms with van der Waals surface area (Å²) in [5.41, 5.74) is 4.04. The lowest BCUT2D eigenvalue weighted by atomic mass is 10.1. The molecule has 0 saturated heterocycles. The summed E-state index contributed by atoms with van der Waals surface area (Å²) in [7, 11) is 0. The fourth-order valence-corrected chi connectivity index (χ4v) is 3.47. The molecule has 1 unspecified atom stereocenters.